The van der Waals surface area contributed by atoms with E-state index in [9.17, 15) is 18.0 Å². The molecule has 3 aromatic rings. The highest BCUT2D eigenvalue weighted by atomic mass is 32.2. The number of methoxy groups -OCH3 is 1. The second-order valence-corrected chi connectivity index (χ2v) is 10.0. The van der Waals surface area contributed by atoms with Crippen LogP contribution in [-0.2, 0) is 19.6 Å². The first-order chi connectivity index (χ1) is 14.8. The van der Waals surface area contributed by atoms with Crippen molar-refractivity contribution in [2.75, 3.05) is 22.9 Å². The number of nitrogens with one attached hydrogen (secondary N) is 2. The molecule has 0 saturated heterocycles. The fraction of sp³-hybridized carbons (Fsp3) is 0.158. The minimum Gasteiger partial charge on any atom is -0.468 e. The summed E-state index contributed by atoms with van der Waals surface area (Å²) in [5.41, 5.74) is 1.18. The van der Waals surface area contributed by atoms with Crippen molar-refractivity contribution in [3.8, 4) is 0 Å². The topological polar surface area (TPSA) is 127 Å². The third-order valence-electron chi connectivity index (χ3n) is 3.92. The van der Waals surface area contributed by atoms with E-state index in [-0.39, 0.29) is 27.0 Å². The molecule has 0 atom stereocenters. The number of aryl methyl sites for hydroxylation is 1. The van der Waals surface area contributed by atoms with E-state index in [0.717, 1.165) is 28.7 Å². The average Bonchev–Trinajstić information content (AvgIpc) is 3.19. The number of hydrogen-bond donors (Lipinski definition) is 2. The standard InChI is InChI=1S/C19H18N4O5S3/c1-12-7-9-13(10-8-12)31(26,27)23-15-6-4-3-5-14(15)17(25)20-18-21-22-19(30-18)29-11-16(24)28-2/h3-10,23H,11H2,1-2H3,(H,20,21,25). The van der Waals surface area contributed by atoms with Crippen LogP contribution in [0.2, 0.25) is 0 Å². The Hall–Kier alpha value is -2.96. The highest BCUT2D eigenvalue weighted by molar-refractivity contribution is 8.01. The Labute approximate surface area is 187 Å². The molecule has 1 amide bonds. The van der Waals surface area contributed by atoms with Gasteiger partial charge in [0.2, 0.25) is 5.13 Å². The third-order valence-corrected chi connectivity index (χ3v) is 7.24. The van der Waals surface area contributed by atoms with E-state index in [4.69, 9.17) is 0 Å². The summed E-state index contributed by atoms with van der Waals surface area (Å²) in [6.45, 7) is 1.86. The number of rotatable bonds is 8. The maximum Gasteiger partial charge on any atom is 0.316 e. The molecule has 2 N–H and O–H groups in total. The van der Waals surface area contributed by atoms with Gasteiger partial charge in [-0.05, 0) is 31.2 Å². The molecule has 12 heteroatoms. The first-order valence-corrected chi connectivity index (χ1v) is 12.1. The van der Waals surface area contributed by atoms with Crippen molar-refractivity contribution in [2.45, 2.75) is 16.2 Å². The average molecular weight is 479 g/mol. The maximum absolute atomic E-state index is 12.7. The zero-order valence-electron chi connectivity index (χ0n) is 16.5. The highest BCUT2D eigenvalue weighted by Gasteiger charge is 2.19. The molecule has 2 aromatic carbocycles. The van der Waals surface area contributed by atoms with Crippen LogP contribution in [0.5, 0.6) is 0 Å². The quantitative estimate of drug-likeness (QED) is 0.287. The van der Waals surface area contributed by atoms with E-state index in [1.165, 1.54) is 31.4 Å². The second kappa shape index (κ2) is 9.90. The summed E-state index contributed by atoms with van der Waals surface area (Å²) in [7, 11) is -2.58. The van der Waals surface area contributed by atoms with Crippen LogP contribution in [0, 0.1) is 6.92 Å². The van der Waals surface area contributed by atoms with Gasteiger partial charge in [-0.3, -0.25) is 19.6 Å². The van der Waals surface area contributed by atoms with Gasteiger partial charge in [0, 0.05) is 0 Å². The Morgan fingerprint density at radius 1 is 1.10 bits per heavy atom. The minimum absolute atomic E-state index is 0.0721. The number of nitrogens with zero attached hydrogens (tertiary/aromatic N) is 2. The third kappa shape index (κ3) is 6.03. The summed E-state index contributed by atoms with van der Waals surface area (Å²) >= 11 is 2.22. The summed E-state index contributed by atoms with van der Waals surface area (Å²) in [5, 5.41) is 10.6. The van der Waals surface area contributed by atoms with Gasteiger partial charge in [-0.25, -0.2) is 8.42 Å². The smallest absolute Gasteiger partial charge is 0.316 e. The molecule has 0 aliphatic heterocycles. The number of esters is 1. The number of ether oxygens (including phenoxy) is 1. The molecule has 0 aliphatic rings. The lowest BCUT2D eigenvalue weighted by Gasteiger charge is -2.12. The summed E-state index contributed by atoms with van der Waals surface area (Å²) < 4.78 is 32.9. The molecule has 1 heterocycles. The number of anilines is 2. The molecular formula is C19H18N4O5S3. The van der Waals surface area contributed by atoms with Crippen molar-refractivity contribution < 1.29 is 22.7 Å². The van der Waals surface area contributed by atoms with E-state index in [2.05, 4.69) is 25.0 Å². The van der Waals surface area contributed by atoms with E-state index >= 15 is 0 Å². The normalized spacial score (nSPS) is 11.0. The molecular weight excluding hydrogens is 460 g/mol. The predicted molar refractivity (Wildman–Crippen MR) is 119 cm³/mol. The Kier molecular flexibility index (Phi) is 7.25. The molecule has 0 aliphatic carbocycles. The number of para-hydroxylation sites is 1. The lowest BCUT2D eigenvalue weighted by atomic mass is 10.2. The van der Waals surface area contributed by atoms with E-state index in [1.807, 2.05) is 6.92 Å². The summed E-state index contributed by atoms with van der Waals surface area (Å²) in [5.74, 6) is -0.883. The summed E-state index contributed by atoms with van der Waals surface area (Å²) in [6, 6.07) is 12.6. The van der Waals surface area contributed by atoms with Gasteiger partial charge in [-0.15, -0.1) is 10.2 Å². The van der Waals surface area contributed by atoms with E-state index in [1.54, 1.807) is 24.3 Å². The zero-order valence-corrected chi connectivity index (χ0v) is 18.9. The number of aromatic nitrogens is 2. The van der Waals surface area contributed by atoms with Crippen LogP contribution in [0.25, 0.3) is 0 Å². The van der Waals surface area contributed by atoms with Crippen LogP contribution < -0.4 is 10.0 Å². The molecule has 0 radical (unpaired) electrons. The van der Waals surface area contributed by atoms with Gasteiger partial charge in [0.15, 0.2) is 4.34 Å². The number of amides is 1. The molecule has 0 fully saturated rings. The summed E-state index contributed by atoms with van der Waals surface area (Å²) in [6.07, 6.45) is 0. The van der Waals surface area contributed by atoms with Gasteiger partial charge >= 0.3 is 5.97 Å². The van der Waals surface area contributed by atoms with Gasteiger partial charge in [0.05, 0.1) is 29.0 Å². The van der Waals surface area contributed by atoms with E-state index < -0.39 is 21.9 Å². The number of carbonyl (C=O) groups is 2. The molecule has 1 aromatic heterocycles. The van der Waals surface area contributed by atoms with Crippen LogP contribution in [0.1, 0.15) is 15.9 Å². The van der Waals surface area contributed by atoms with Crippen LogP contribution in [0.4, 0.5) is 10.8 Å². The van der Waals surface area contributed by atoms with Crippen molar-refractivity contribution >= 4 is 55.8 Å². The van der Waals surface area contributed by atoms with Crippen LogP contribution in [0.15, 0.2) is 57.8 Å². The largest absolute Gasteiger partial charge is 0.468 e. The zero-order chi connectivity index (χ0) is 22.4. The lowest BCUT2D eigenvalue weighted by molar-refractivity contribution is -0.137. The molecule has 0 saturated carbocycles. The van der Waals surface area contributed by atoms with Crippen molar-refractivity contribution in [3.63, 3.8) is 0 Å². The van der Waals surface area contributed by atoms with Gasteiger partial charge in [-0.2, -0.15) is 0 Å². The second-order valence-electron chi connectivity index (χ2n) is 6.16. The molecule has 0 bridgehead atoms. The Balaban J connectivity index is 1.74. The van der Waals surface area contributed by atoms with Crippen LogP contribution in [0.3, 0.4) is 0 Å². The predicted octanol–water partition coefficient (Wildman–Crippen LogP) is 3.16. The van der Waals surface area contributed by atoms with Crippen LogP contribution in [-0.4, -0.2) is 43.4 Å². The van der Waals surface area contributed by atoms with Crippen molar-refractivity contribution in [3.05, 3.63) is 59.7 Å². The maximum atomic E-state index is 12.7. The minimum atomic E-state index is -3.88. The molecule has 0 spiro atoms. The van der Waals surface area contributed by atoms with Gasteiger partial charge in [0.1, 0.15) is 0 Å². The number of carbonyl (C=O) groups excluding carboxylic acids is 2. The number of thioether (sulfide) groups is 1. The van der Waals surface area contributed by atoms with Gasteiger partial charge in [0.25, 0.3) is 15.9 Å². The van der Waals surface area contributed by atoms with Gasteiger partial charge < -0.3 is 4.74 Å². The fourth-order valence-corrected chi connectivity index (χ4v) is 5.01. The van der Waals surface area contributed by atoms with Crippen molar-refractivity contribution in [2.24, 2.45) is 0 Å². The Bertz CT molecular complexity index is 1190. The fourth-order valence-electron chi connectivity index (χ4n) is 2.35. The SMILES string of the molecule is COC(=O)CSc1nnc(NC(=O)c2ccccc2NS(=O)(=O)c2ccc(C)cc2)s1. The highest BCUT2D eigenvalue weighted by Crippen LogP contribution is 2.27. The summed E-state index contributed by atoms with van der Waals surface area (Å²) in [4.78, 5) is 24.0. The first kappa shape index (κ1) is 22.7. The Morgan fingerprint density at radius 2 is 1.81 bits per heavy atom. The van der Waals surface area contributed by atoms with Crippen LogP contribution >= 0.6 is 23.1 Å². The first-order valence-electron chi connectivity index (χ1n) is 8.81. The molecule has 9 nitrogen and oxygen atoms in total. The van der Waals surface area contributed by atoms with Crippen molar-refractivity contribution in [1.29, 1.82) is 0 Å². The van der Waals surface area contributed by atoms with Gasteiger partial charge in [-0.1, -0.05) is 52.9 Å². The van der Waals surface area contributed by atoms with E-state index in [0.29, 0.717) is 4.34 Å². The number of hydrogen-bond acceptors (Lipinski definition) is 9. The number of benzene rings is 2. The number of sulfonamides is 1. The Morgan fingerprint density at radius 3 is 2.52 bits per heavy atom. The molecule has 3 rings (SSSR count). The molecule has 0 unspecified atom stereocenters. The molecule has 162 valence electrons. The lowest BCUT2D eigenvalue weighted by Crippen LogP contribution is -2.18. The monoisotopic (exact) mass is 478 g/mol. The molecule has 31 heavy (non-hydrogen) atoms. The van der Waals surface area contributed by atoms with Crippen molar-refractivity contribution in [1.82, 2.24) is 10.2 Å².